The fourth-order valence-electron chi connectivity index (χ4n) is 3.18. The molecule has 6 nitrogen and oxygen atoms in total. The molecule has 2 amide bonds. The number of methoxy groups -OCH3 is 1. The van der Waals surface area contributed by atoms with Crippen LogP contribution >= 0.6 is 11.3 Å². The van der Waals surface area contributed by atoms with Crippen molar-refractivity contribution in [2.75, 3.05) is 20.2 Å². The molecule has 0 radical (unpaired) electrons. The van der Waals surface area contributed by atoms with E-state index in [0.29, 0.717) is 13.0 Å². The number of benzene rings is 1. The third-order valence-corrected chi connectivity index (χ3v) is 5.30. The number of rotatable bonds is 5. The summed E-state index contributed by atoms with van der Waals surface area (Å²) in [5.74, 6) is -0.886. The molecular weight excluding hydrogens is 371 g/mol. The first kappa shape index (κ1) is 19.3. The van der Waals surface area contributed by atoms with Crippen LogP contribution in [0.4, 0.5) is 4.39 Å². The number of nitrogens with zero attached hydrogens (tertiary/aromatic N) is 1. The van der Waals surface area contributed by atoms with Crippen LogP contribution in [0.2, 0.25) is 0 Å². The van der Waals surface area contributed by atoms with Crippen molar-refractivity contribution >= 4 is 23.2 Å². The van der Waals surface area contributed by atoms with Gasteiger partial charge in [0.15, 0.2) is 0 Å². The fraction of sp³-hybridized carbons (Fsp3) is 0.368. The maximum absolute atomic E-state index is 13.5. The number of amides is 2. The maximum atomic E-state index is 13.5. The molecule has 0 unspecified atom stereocenters. The van der Waals surface area contributed by atoms with Crippen LogP contribution in [-0.2, 0) is 11.2 Å². The molecular formula is C19H21FN2O4S. The molecule has 0 saturated carbocycles. The average Bonchev–Trinajstić information content (AvgIpc) is 3.14. The van der Waals surface area contributed by atoms with Gasteiger partial charge in [-0.05, 0) is 36.1 Å². The first-order valence-corrected chi connectivity index (χ1v) is 9.47. The number of ether oxygens (including phenoxy) is 1. The van der Waals surface area contributed by atoms with E-state index >= 15 is 0 Å². The van der Waals surface area contributed by atoms with Crippen molar-refractivity contribution in [3.05, 3.63) is 52.0 Å². The van der Waals surface area contributed by atoms with Crippen LogP contribution in [0.25, 0.3) is 0 Å². The second-order valence-electron chi connectivity index (χ2n) is 6.46. The van der Waals surface area contributed by atoms with E-state index in [2.05, 4.69) is 5.32 Å². The van der Waals surface area contributed by atoms with Crippen molar-refractivity contribution in [3.8, 4) is 5.75 Å². The number of thiophene rings is 1. The lowest BCUT2D eigenvalue weighted by atomic mass is 10.0. The molecule has 1 saturated heterocycles. The minimum atomic E-state index is -0.731. The lowest BCUT2D eigenvalue weighted by Gasteiger charge is -2.36. The van der Waals surface area contributed by atoms with Crippen molar-refractivity contribution < 1.29 is 23.8 Å². The standard InChI is InChI=1S/C19H21FN2O4S/c1-26-17-5-4-12(20)7-16(17)19(25)21-13-8-14(23)11-22(10-13)18(24)9-15-3-2-6-27-15/h2-7,13-14,23H,8-11H2,1H3,(H,21,25)/t13-,14+/m0/s1. The molecule has 0 aliphatic carbocycles. The number of likely N-dealkylation sites (tertiary alicyclic amines) is 1. The van der Waals surface area contributed by atoms with Crippen LogP contribution in [-0.4, -0.2) is 54.2 Å². The monoisotopic (exact) mass is 392 g/mol. The largest absolute Gasteiger partial charge is 0.496 e. The van der Waals surface area contributed by atoms with Gasteiger partial charge in [-0.1, -0.05) is 6.07 Å². The Morgan fingerprint density at radius 1 is 1.37 bits per heavy atom. The van der Waals surface area contributed by atoms with E-state index in [1.54, 1.807) is 4.90 Å². The summed E-state index contributed by atoms with van der Waals surface area (Å²) in [7, 11) is 1.40. The van der Waals surface area contributed by atoms with Gasteiger partial charge in [0.25, 0.3) is 5.91 Å². The molecule has 1 aliphatic rings. The minimum absolute atomic E-state index is 0.0778. The predicted molar refractivity (Wildman–Crippen MR) is 99.4 cm³/mol. The zero-order chi connectivity index (χ0) is 19.4. The molecule has 1 aromatic heterocycles. The Bertz CT molecular complexity index is 812. The lowest BCUT2D eigenvalue weighted by Crippen LogP contribution is -2.54. The van der Waals surface area contributed by atoms with Gasteiger partial charge in [0.05, 0.1) is 25.2 Å². The summed E-state index contributed by atoms with van der Waals surface area (Å²) in [6.45, 7) is 0.532. The highest BCUT2D eigenvalue weighted by molar-refractivity contribution is 7.10. The van der Waals surface area contributed by atoms with Gasteiger partial charge >= 0.3 is 0 Å². The zero-order valence-electron chi connectivity index (χ0n) is 14.9. The molecule has 1 fully saturated rings. The Morgan fingerprint density at radius 2 is 2.19 bits per heavy atom. The molecule has 1 aliphatic heterocycles. The Hall–Kier alpha value is -2.45. The number of carbonyl (C=O) groups is 2. The quantitative estimate of drug-likeness (QED) is 0.814. The summed E-state index contributed by atoms with van der Waals surface area (Å²) in [4.78, 5) is 27.5. The number of hydrogen-bond acceptors (Lipinski definition) is 5. The SMILES string of the molecule is COc1ccc(F)cc1C(=O)N[C@H]1C[C@@H](O)CN(C(=O)Cc2cccs2)C1. The summed E-state index contributed by atoms with van der Waals surface area (Å²) in [5.41, 5.74) is 0.0778. The van der Waals surface area contributed by atoms with Crippen molar-refractivity contribution in [1.82, 2.24) is 10.2 Å². The number of aliphatic hydroxyl groups excluding tert-OH is 1. The topological polar surface area (TPSA) is 78.9 Å². The van der Waals surface area contributed by atoms with E-state index in [1.165, 1.54) is 30.6 Å². The molecule has 144 valence electrons. The normalized spacial score (nSPS) is 19.6. The van der Waals surface area contributed by atoms with Gasteiger partial charge in [0.2, 0.25) is 5.91 Å². The smallest absolute Gasteiger partial charge is 0.255 e. The van der Waals surface area contributed by atoms with Crippen LogP contribution in [0.1, 0.15) is 21.7 Å². The molecule has 2 aromatic rings. The van der Waals surface area contributed by atoms with Gasteiger partial charge in [-0.2, -0.15) is 0 Å². The number of aliphatic hydroxyl groups is 1. The van der Waals surface area contributed by atoms with E-state index in [4.69, 9.17) is 4.74 Å². The predicted octanol–water partition coefficient (Wildman–Crippen LogP) is 1.83. The van der Waals surface area contributed by atoms with Crippen LogP contribution in [0, 0.1) is 5.82 Å². The van der Waals surface area contributed by atoms with E-state index in [0.717, 1.165) is 10.9 Å². The fourth-order valence-corrected chi connectivity index (χ4v) is 3.87. The first-order chi connectivity index (χ1) is 13.0. The molecule has 2 atom stereocenters. The van der Waals surface area contributed by atoms with Gasteiger partial charge in [-0.3, -0.25) is 9.59 Å². The summed E-state index contributed by atoms with van der Waals surface area (Å²) < 4.78 is 18.6. The van der Waals surface area contributed by atoms with Gasteiger partial charge in [0, 0.05) is 24.0 Å². The minimum Gasteiger partial charge on any atom is -0.496 e. The van der Waals surface area contributed by atoms with E-state index in [9.17, 15) is 19.1 Å². The third kappa shape index (κ3) is 4.84. The van der Waals surface area contributed by atoms with Crippen LogP contribution in [0.15, 0.2) is 35.7 Å². The highest BCUT2D eigenvalue weighted by Crippen LogP contribution is 2.21. The first-order valence-electron chi connectivity index (χ1n) is 8.59. The number of halogens is 1. The van der Waals surface area contributed by atoms with Crippen LogP contribution in [0.5, 0.6) is 5.75 Å². The van der Waals surface area contributed by atoms with Crippen LogP contribution in [0.3, 0.4) is 0 Å². The van der Waals surface area contributed by atoms with Crippen LogP contribution < -0.4 is 10.1 Å². The van der Waals surface area contributed by atoms with Crippen molar-refractivity contribution in [1.29, 1.82) is 0 Å². The highest BCUT2D eigenvalue weighted by Gasteiger charge is 2.30. The van der Waals surface area contributed by atoms with E-state index in [1.807, 2.05) is 17.5 Å². The summed E-state index contributed by atoms with van der Waals surface area (Å²) in [6.07, 6.45) is -0.139. The number of hydrogen-bond donors (Lipinski definition) is 2. The molecule has 0 bridgehead atoms. The third-order valence-electron chi connectivity index (χ3n) is 4.43. The van der Waals surface area contributed by atoms with Gasteiger partial charge in [-0.15, -0.1) is 11.3 Å². The molecule has 0 spiro atoms. The highest BCUT2D eigenvalue weighted by atomic mass is 32.1. The van der Waals surface area contributed by atoms with Gasteiger partial charge in [0.1, 0.15) is 11.6 Å². The van der Waals surface area contributed by atoms with Crippen molar-refractivity contribution in [2.24, 2.45) is 0 Å². The van der Waals surface area contributed by atoms with Crippen molar-refractivity contribution in [3.63, 3.8) is 0 Å². The van der Waals surface area contributed by atoms with E-state index < -0.39 is 23.9 Å². The number of nitrogens with one attached hydrogen (secondary N) is 1. The summed E-state index contributed by atoms with van der Waals surface area (Å²) >= 11 is 1.50. The summed E-state index contributed by atoms with van der Waals surface area (Å²) in [5, 5.41) is 14.8. The molecule has 27 heavy (non-hydrogen) atoms. The van der Waals surface area contributed by atoms with E-state index in [-0.39, 0.29) is 30.2 Å². The van der Waals surface area contributed by atoms with Crippen molar-refractivity contribution in [2.45, 2.75) is 25.0 Å². The Balaban J connectivity index is 1.66. The molecule has 2 heterocycles. The number of β-amino-alcohol motifs (C(OH)–C–C–N with tert-alkyl or cyclic N) is 1. The summed E-state index contributed by atoms with van der Waals surface area (Å²) in [6, 6.07) is 7.04. The second kappa shape index (κ2) is 8.49. The molecule has 2 N–H and O–H groups in total. The zero-order valence-corrected chi connectivity index (χ0v) is 15.7. The Morgan fingerprint density at radius 3 is 2.89 bits per heavy atom. The van der Waals surface area contributed by atoms with Gasteiger partial charge < -0.3 is 20.1 Å². The molecule has 8 heteroatoms. The maximum Gasteiger partial charge on any atom is 0.255 e. The number of piperidine rings is 1. The lowest BCUT2D eigenvalue weighted by molar-refractivity contribution is -0.134. The average molecular weight is 392 g/mol. The second-order valence-corrected chi connectivity index (χ2v) is 7.49. The Kier molecular flexibility index (Phi) is 6.08. The Labute approximate surface area is 160 Å². The van der Waals surface area contributed by atoms with Gasteiger partial charge in [-0.25, -0.2) is 4.39 Å². The molecule has 1 aromatic carbocycles. The number of carbonyl (C=O) groups excluding carboxylic acids is 2. The molecule has 3 rings (SSSR count).